The third-order valence-corrected chi connectivity index (χ3v) is 1.96. The molecule has 7 heteroatoms. The number of carboxylic acid groups (broad SMARTS) is 1. The molecule has 0 fully saturated rings. The maximum Gasteiger partial charge on any atom is 0.346 e. The van der Waals surface area contributed by atoms with Gasteiger partial charge in [-0.25, -0.2) is 4.79 Å². The fraction of sp³-hybridized carbons (Fsp3) is 0.300. The molecular formula is C10H11NO6. The van der Waals surface area contributed by atoms with Crippen molar-refractivity contribution in [3.05, 3.63) is 33.9 Å². The average molecular weight is 241 g/mol. The molecule has 1 rings (SSSR count). The van der Waals surface area contributed by atoms with Gasteiger partial charge in [0.1, 0.15) is 12.4 Å². The molecule has 7 nitrogen and oxygen atoms in total. The third kappa shape index (κ3) is 3.15. The first-order valence-corrected chi connectivity index (χ1v) is 4.70. The van der Waals surface area contributed by atoms with Crippen LogP contribution in [-0.2, 0) is 4.74 Å². The van der Waals surface area contributed by atoms with Crippen molar-refractivity contribution in [2.24, 2.45) is 0 Å². The summed E-state index contributed by atoms with van der Waals surface area (Å²) in [5.41, 5.74) is -0.944. The lowest BCUT2D eigenvalue weighted by Gasteiger charge is -2.08. The fourth-order valence-corrected chi connectivity index (χ4v) is 1.24. The summed E-state index contributed by atoms with van der Waals surface area (Å²) in [6, 6.07) is 3.85. The number of aromatic carboxylic acids is 1. The van der Waals surface area contributed by atoms with Gasteiger partial charge in [0.05, 0.1) is 11.5 Å². The van der Waals surface area contributed by atoms with Crippen LogP contribution in [0.1, 0.15) is 10.4 Å². The maximum absolute atomic E-state index is 11.0. The molecule has 0 aliphatic rings. The van der Waals surface area contributed by atoms with Crippen molar-refractivity contribution in [1.29, 1.82) is 0 Å². The van der Waals surface area contributed by atoms with Crippen LogP contribution in [0.25, 0.3) is 0 Å². The van der Waals surface area contributed by atoms with Crippen LogP contribution in [0.4, 0.5) is 5.69 Å². The first-order valence-electron chi connectivity index (χ1n) is 4.70. The number of hydrogen-bond acceptors (Lipinski definition) is 5. The lowest BCUT2D eigenvalue weighted by Crippen LogP contribution is -2.10. The van der Waals surface area contributed by atoms with Gasteiger partial charge in [0.2, 0.25) is 0 Å². The average Bonchev–Trinajstić information content (AvgIpc) is 2.28. The van der Waals surface area contributed by atoms with E-state index in [0.29, 0.717) is 0 Å². The summed E-state index contributed by atoms with van der Waals surface area (Å²) in [4.78, 5) is 20.9. The predicted molar refractivity (Wildman–Crippen MR) is 57.4 cm³/mol. The van der Waals surface area contributed by atoms with Crippen LogP contribution in [-0.4, -0.2) is 36.3 Å². The molecular weight excluding hydrogens is 230 g/mol. The second kappa shape index (κ2) is 5.80. The molecule has 0 spiro atoms. The predicted octanol–water partition coefficient (Wildman–Crippen LogP) is 1.32. The second-order valence-corrected chi connectivity index (χ2v) is 3.05. The highest BCUT2D eigenvalue weighted by Gasteiger charge is 2.24. The van der Waals surface area contributed by atoms with E-state index in [0.717, 1.165) is 6.07 Å². The van der Waals surface area contributed by atoms with Gasteiger partial charge < -0.3 is 14.6 Å². The van der Waals surface area contributed by atoms with Gasteiger partial charge in [-0.15, -0.1) is 0 Å². The number of methoxy groups -OCH3 is 1. The summed E-state index contributed by atoms with van der Waals surface area (Å²) in [6.07, 6.45) is 0. The van der Waals surface area contributed by atoms with Gasteiger partial charge in [0.25, 0.3) is 5.69 Å². The van der Waals surface area contributed by atoms with Crippen molar-refractivity contribution >= 4 is 11.7 Å². The summed E-state index contributed by atoms with van der Waals surface area (Å²) in [5.74, 6) is -1.44. The number of carboxylic acids is 1. The topological polar surface area (TPSA) is 98.9 Å². The highest BCUT2D eigenvalue weighted by atomic mass is 16.6. The molecule has 0 saturated heterocycles. The number of hydrogen-bond donors (Lipinski definition) is 1. The van der Waals surface area contributed by atoms with E-state index >= 15 is 0 Å². The largest absolute Gasteiger partial charge is 0.490 e. The molecule has 1 aromatic rings. The zero-order valence-corrected chi connectivity index (χ0v) is 9.08. The minimum absolute atomic E-state index is 0.0382. The molecule has 92 valence electrons. The molecule has 0 heterocycles. The van der Waals surface area contributed by atoms with Gasteiger partial charge in [-0.05, 0) is 6.07 Å². The first kappa shape index (κ1) is 12.9. The van der Waals surface area contributed by atoms with Crippen LogP contribution < -0.4 is 4.74 Å². The Bertz CT molecular complexity index is 431. The monoisotopic (exact) mass is 241 g/mol. The van der Waals surface area contributed by atoms with Crippen LogP contribution in [0.2, 0.25) is 0 Å². The van der Waals surface area contributed by atoms with Crippen LogP contribution in [0, 0.1) is 10.1 Å². The highest BCUT2D eigenvalue weighted by molar-refractivity contribution is 5.95. The molecule has 0 unspecified atom stereocenters. The molecule has 0 bridgehead atoms. The number of benzene rings is 1. The molecule has 0 saturated carbocycles. The van der Waals surface area contributed by atoms with Crippen molar-refractivity contribution < 1.29 is 24.3 Å². The zero-order chi connectivity index (χ0) is 12.8. The van der Waals surface area contributed by atoms with E-state index in [1.54, 1.807) is 0 Å². The van der Waals surface area contributed by atoms with E-state index in [2.05, 4.69) is 0 Å². The van der Waals surface area contributed by atoms with Gasteiger partial charge in [-0.1, -0.05) is 6.07 Å². The summed E-state index contributed by atoms with van der Waals surface area (Å²) in [6.45, 7) is 0.389. The number of ether oxygens (including phenoxy) is 2. The van der Waals surface area contributed by atoms with E-state index in [9.17, 15) is 14.9 Å². The number of rotatable bonds is 6. The summed E-state index contributed by atoms with van der Waals surface area (Å²) in [5, 5.41) is 19.6. The van der Waals surface area contributed by atoms with Crippen LogP contribution in [0.3, 0.4) is 0 Å². The molecule has 0 aliphatic carbocycles. The van der Waals surface area contributed by atoms with Crippen molar-refractivity contribution in [2.45, 2.75) is 0 Å². The quantitative estimate of drug-likeness (QED) is 0.458. The summed E-state index contributed by atoms with van der Waals surface area (Å²) >= 11 is 0. The van der Waals surface area contributed by atoms with Crippen molar-refractivity contribution in [3.8, 4) is 5.75 Å². The Balaban J connectivity index is 3.07. The fourth-order valence-electron chi connectivity index (χ4n) is 1.24. The van der Waals surface area contributed by atoms with Crippen LogP contribution in [0.15, 0.2) is 18.2 Å². The lowest BCUT2D eigenvalue weighted by atomic mass is 10.1. The minimum atomic E-state index is -1.40. The molecule has 1 N–H and O–H groups in total. The molecule has 0 aromatic heterocycles. The second-order valence-electron chi connectivity index (χ2n) is 3.05. The van der Waals surface area contributed by atoms with Crippen molar-refractivity contribution in [1.82, 2.24) is 0 Å². The molecule has 0 radical (unpaired) electrons. The van der Waals surface area contributed by atoms with Crippen LogP contribution >= 0.6 is 0 Å². The lowest BCUT2D eigenvalue weighted by molar-refractivity contribution is -0.385. The molecule has 0 atom stereocenters. The maximum atomic E-state index is 11.0. The summed E-state index contributed by atoms with van der Waals surface area (Å²) in [7, 11) is 1.47. The van der Waals surface area contributed by atoms with Crippen molar-refractivity contribution in [3.63, 3.8) is 0 Å². The van der Waals surface area contributed by atoms with Gasteiger partial charge in [-0.3, -0.25) is 10.1 Å². The molecule has 0 aliphatic heterocycles. The standard InChI is InChI=1S/C10H11NO6/c1-16-5-6-17-8-4-2-3-7(11(14)15)9(8)10(12)13/h2-4H,5-6H2,1H3,(H,12,13). The molecule has 0 amide bonds. The van der Waals surface area contributed by atoms with Crippen molar-refractivity contribution in [2.75, 3.05) is 20.3 Å². The Labute approximate surface area is 96.7 Å². The van der Waals surface area contributed by atoms with Gasteiger partial charge >= 0.3 is 5.97 Å². The SMILES string of the molecule is COCCOc1cccc([N+](=O)[O-])c1C(=O)O. The zero-order valence-electron chi connectivity index (χ0n) is 9.08. The Morgan fingerprint density at radius 3 is 2.71 bits per heavy atom. The van der Waals surface area contributed by atoms with E-state index in [-0.39, 0.29) is 19.0 Å². The third-order valence-electron chi connectivity index (χ3n) is 1.96. The number of carbonyl (C=O) groups is 1. The van der Waals surface area contributed by atoms with Crippen LogP contribution in [0.5, 0.6) is 5.75 Å². The van der Waals surface area contributed by atoms with Gasteiger partial charge in [0, 0.05) is 13.2 Å². The van der Waals surface area contributed by atoms with E-state index in [1.807, 2.05) is 0 Å². The molecule has 1 aromatic carbocycles. The Morgan fingerprint density at radius 2 is 2.18 bits per heavy atom. The highest BCUT2D eigenvalue weighted by Crippen LogP contribution is 2.28. The minimum Gasteiger partial charge on any atom is -0.490 e. The van der Waals surface area contributed by atoms with Gasteiger partial charge in [-0.2, -0.15) is 0 Å². The smallest absolute Gasteiger partial charge is 0.346 e. The van der Waals surface area contributed by atoms with Gasteiger partial charge in [0.15, 0.2) is 5.56 Å². The number of nitro benzene ring substituents is 1. The number of nitro groups is 1. The Kier molecular flexibility index (Phi) is 4.41. The number of nitrogens with zero attached hydrogens (tertiary/aromatic N) is 1. The van der Waals surface area contributed by atoms with E-state index < -0.39 is 22.1 Å². The summed E-state index contributed by atoms with van der Waals surface area (Å²) < 4.78 is 9.85. The van der Waals surface area contributed by atoms with E-state index in [1.165, 1.54) is 19.2 Å². The normalized spacial score (nSPS) is 9.94. The Morgan fingerprint density at radius 1 is 1.47 bits per heavy atom. The first-order chi connectivity index (χ1) is 8.07. The van der Waals surface area contributed by atoms with E-state index in [4.69, 9.17) is 14.6 Å². The Hall–Kier alpha value is -2.15. The molecule has 17 heavy (non-hydrogen) atoms.